The predicted octanol–water partition coefficient (Wildman–Crippen LogP) is 0.993. The first-order valence-electron chi connectivity index (χ1n) is 5.14. The second-order valence-corrected chi connectivity index (χ2v) is 3.61. The number of nitrogens with two attached hydrogens (primary N) is 1. The average molecular weight is 266 g/mol. The van der Waals surface area contributed by atoms with Crippen molar-refractivity contribution in [2.75, 3.05) is 13.7 Å². The molecule has 0 bridgehead atoms. The van der Waals surface area contributed by atoms with Crippen LogP contribution >= 0.6 is 0 Å². The van der Waals surface area contributed by atoms with E-state index < -0.39 is 29.5 Å². The Kier molecular flexibility index (Phi) is 4.28. The molecule has 1 aromatic heterocycles. The molecule has 1 heterocycles. The van der Waals surface area contributed by atoms with Gasteiger partial charge in [-0.15, -0.1) is 5.10 Å². The number of amides is 1. The molecular weight excluding hydrogens is 253 g/mol. The predicted molar refractivity (Wildman–Crippen MR) is 54.7 cm³/mol. The van der Waals surface area contributed by atoms with Gasteiger partial charge in [0.1, 0.15) is 0 Å². The van der Waals surface area contributed by atoms with Gasteiger partial charge in [0.05, 0.1) is 12.6 Å². The molecule has 0 saturated carbocycles. The molecule has 2 N–H and O–H groups in total. The number of halogens is 3. The van der Waals surface area contributed by atoms with Crippen molar-refractivity contribution in [3.63, 3.8) is 0 Å². The molecule has 0 aliphatic rings. The zero-order chi connectivity index (χ0) is 13.9. The van der Waals surface area contributed by atoms with Crippen LogP contribution in [0.15, 0.2) is 0 Å². The quantitative estimate of drug-likeness (QED) is 0.861. The number of carbonyl (C=O) groups is 1. The molecule has 0 aliphatic carbocycles. The van der Waals surface area contributed by atoms with E-state index in [1.807, 2.05) is 0 Å². The van der Waals surface area contributed by atoms with Crippen LogP contribution in [0.4, 0.5) is 13.2 Å². The van der Waals surface area contributed by atoms with Gasteiger partial charge in [-0.2, -0.15) is 13.2 Å². The molecule has 0 fully saturated rings. The summed E-state index contributed by atoms with van der Waals surface area (Å²) in [5.41, 5.74) is 2.74. The summed E-state index contributed by atoms with van der Waals surface area (Å²) in [6, 6.07) is -0.660. The topological polar surface area (TPSA) is 83.0 Å². The fraction of sp³-hybridized carbons (Fsp3) is 0.667. The zero-order valence-corrected chi connectivity index (χ0v) is 9.86. The maximum absolute atomic E-state index is 12.9. The van der Waals surface area contributed by atoms with Gasteiger partial charge in [0.25, 0.3) is 5.91 Å². The van der Waals surface area contributed by atoms with E-state index in [2.05, 4.69) is 10.3 Å². The average Bonchev–Trinajstić information content (AvgIpc) is 2.69. The summed E-state index contributed by atoms with van der Waals surface area (Å²) >= 11 is 0. The molecule has 1 aromatic rings. The SMILES string of the molecule is CCC(COC)n1nnc(C(N)=O)c1C(F)(F)F. The van der Waals surface area contributed by atoms with Crippen molar-refractivity contribution in [1.82, 2.24) is 15.0 Å². The van der Waals surface area contributed by atoms with E-state index in [0.717, 1.165) is 0 Å². The number of aromatic nitrogens is 3. The van der Waals surface area contributed by atoms with Crippen LogP contribution in [0.25, 0.3) is 0 Å². The number of alkyl halides is 3. The van der Waals surface area contributed by atoms with Gasteiger partial charge in [0, 0.05) is 7.11 Å². The van der Waals surface area contributed by atoms with Crippen LogP contribution in [0.5, 0.6) is 0 Å². The Bertz CT molecular complexity index is 430. The third-order valence-electron chi connectivity index (χ3n) is 2.37. The number of methoxy groups -OCH3 is 1. The van der Waals surface area contributed by atoms with Gasteiger partial charge < -0.3 is 10.5 Å². The summed E-state index contributed by atoms with van der Waals surface area (Å²) in [5, 5.41) is 6.56. The highest BCUT2D eigenvalue weighted by Gasteiger charge is 2.42. The van der Waals surface area contributed by atoms with Crippen molar-refractivity contribution in [3.8, 4) is 0 Å². The molecule has 1 atom stereocenters. The highest BCUT2D eigenvalue weighted by atomic mass is 19.4. The molecular formula is C9H13F3N4O2. The molecule has 18 heavy (non-hydrogen) atoms. The lowest BCUT2D eigenvalue weighted by atomic mass is 10.2. The Morgan fingerprint density at radius 3 is 2.56 bits per heavy atom. The summed E-state index contributed by atoms with van der Waals surface area (Å²) in [7, 11) is 1.36. The fourth-order valence-corrected chi connectivity index (χ4v) is 1.53. The van der Waals surface area contributed by atoms with Crippen molar-refractivity contribution >= 4 is 5.91 Å². The second-order valence-electron chi connectivity index (χ2n) is 3.61. The van der Waals surface area contributed by atoms with Crippen molar-refractivity contribution in [1.29, 1.82) is 0 Å². The van der Waals surface area contributed by atoms with Gasteiger partial charge >= 0.3 is 6.18 Å². The van der Waals surface area contributed by atoms with E-state index >= 15 is 0 Å². The van der Waals surface area contributed by atoms with Gasteiger partial charge in [0.15, 0.2) is 11.4 Å². The van der Waals surface area contributed by atoms with Crippen LogP contribution in [-0.4, -0.2) is 34.6 Å². The van der Waals surface area contributed by atoms with E-state index in [1.54, 1.807) is 6.92 Å². The highest BCUT2D eigenvalue weighted by Crippen LogP contribution is 2.33. The summed E-state index contributed by atoms with van der Waals surface area (Å²) in [4.78, 5) is 10.9. The van der Waals surface area contributed by atoms with Crippen molar-refractivity contribution in [2.45, 2.75) is 25.6 Å². The normalized spacial score (nSPS) is 13.6. The Hall–Kier alpha value is -1.64. The molecule has 1 unspecified atom stereocenters. The summed E-state index contributed by atoms with van der Waals surface area (Å²) in [6.07, 6.45) is -4.41. The minimum atomic E-state index is -4.75. The molecule has 6 nitrogen and oxygen atoms in total. The molecule has 1 rings (SSSR count). The van der Waals surface area contributed by atoms with Crippen LogP contribution in [0.3, 0.4) is 0 Å². The van der Waals surface area contributed by atoms with Gasteiger partial charge in [0.2, 0.25) is 0 Å². The zero-order valence-electron chi connectivity index (χ0n) is 9.86. The Morgan fingerprint density at radius 2 is 2.17 bits per heavy atom. The van der Waals surface area contributed by atoms with E-state index in [-0.39, 0.29) is 6.61 Å². The van der Waals surface area contributed by atoms with Crippen LogP contribution in [0.1, 0.15) is 35.6 Å². The van der Waals surface area contributed by atoms with Gasteiger partial charge in [-0.1, -0.05) is 12.1 Å². The van der Waals surface area contributed by atoms with Crippen LogP contribution in [0.2, 0.25) is 0 Å². The van der Waals surface area contributed by atoms with Gasteiger partial charge in [-0.05, 0) is 6.42 Å². The maximum Gasteiger partial charge on any atom is 0.435 e. The third kappa shape index (κ3) is 2.78. The lowest BCUT2D eigenvalue weighted by Crippen LogP contribution is -2.25. The maximum atomic E-state index is 12.9. The molecule has 0 spiro atoms. The number of ether oxygens (including phenoxy) is 1. The van der Waals surface area contributed by atoms with Crippen LogP contribution in [-0.2, 0) is 10.9 Å². The molecule has 102 valence electrons. The monoisotopic (exact) mass is 266 g/mol. The summed E-state index contributed by atoms with van der Waals surface area (Å²) in [5.74, 6) is -1.26. The molecule has 0 aliphatic heterocycles. The second kappa shape index (κ2) is 5.34. The lowest BCUT2D eigenvalue weighted by molar-refractivity contribution is -0.145. The minimum absolute atomic E-state index is 0.0289. The molecule has 0 aromatic carbocycles. The van der Waals surface area contributed by atoms with E-state index in [1.165, 1.54) is 7.11 Å². The number of nitrogens with zero attached hydrogens (tertiary/aromatic N) is 3. The number of primary amides is 1. The fourth-order valence-electron chi connectivity index (χ4n) is 1.53. The Balaban J connectivity index is 3.32. The first-order chi connectivity index (χ1) is 8.32. The van der Waals surface area contributed by atoms with E-state index in [4.69, 9.17) is 10.5 Å². The molecule has 9 heteroatoms. The Labute approximate surface area is 101 Å². The molecule has 0 radical (unpaired) electrons. The van der Waals surface area contributed by atoms with Crippen molar-refractivity contribution < 1.29 is 22.7 Å². The van der Waals surface area contributed by atoms with E-state index in [9.17, 15) is 18.0 Å². The smallest absolute Gasteiger partial charge is 0.382 e. The van der Waals surface area contributed by atoms with Crippen LogP contribution in [0, 0.1) is 0 Å². The standard InChI is InChI=1S/C9H13F3N4O2/c1-3-5(4-18-2)16-7(9(10,11)12)6(8(13)17)14-15-16/h5H,3-4H2,1-2H3,(H2,13,17). The van der Waals surface area contributed by atoms with E-state index in [0.29, 0.717) is 11.1 Å². The minimum Gasteiger partial charge on any atom is -0.382 e. The number of hydrogen-bond acceptors (Lipinski definition) is 4. The van der Waals surface area contributed by atoms with Crippen molar-refractivity contribution in [3.05, 3.63) is 11.4 Å². The lowest BCUT2D eigenvalue weighted by Gasteiger charge is -2.18. The van der Waals surface area contributed by atoms with Gasteiger partial charge in [-0.3, -0.25) is 4.79 Å². The number of rotatable bonds is 5. The number of carbonyl (C=O) groups excluding carboxylic acids is 1. The van der Waals surface area contributed by atoms with Crippen LogP contribution < -0.4 is 5.73 Å². The van der Waals surface area contributed by atoms with Gasteiger partial charge in [-0.25, -0.2) is 4.68 Å². The molecule has 0 saturated heterocycles. The highest BCUT2D eigenvalue weighted by molar-refractivity contribution is 5.91. The third-order valence-corrected chi connectivity index (χ3v) is 2.37. The first kappa shape index (κ1) is 14.4. The van der Waals surface area contributed by atoms with Crippen molar-refractivity contribution in [2.24, 2.45) is 5.73 Å². The largest absolute Gasteiger partial charge is 0.435 e. The summed E-state index contributed by atoms with van der Waals surface area (Å²) < 4.78 is 44.1. The number of hydrogen-bond donors (Lipinski definition) is 1. The molecule has 1 amide bonds. The Morgan fingerprint density at radius 1 is 1.56 bits per heavy atom. The first-order valence-corrected chi connectivity index (χ1v) is 5.14. The summed E-state index contributed by atoms with van der Waals surface area (Å²) in [6.45, 7) is 1.70.